The SMILES string of the molecule is Cl.Cl.N[C@@H](Cc1cscn1)C(=O)N1CCN(Cc2ccccc2CO)CC1. The molecule has 27 heavy (non-hydrogen) atoms. The fourth-order valence-electron chi connectivity index (χ4n) is 3.12. The molecule has 9 heteroatoms. The number of amides is 1. The Morgan fingerprint density at radius 3 is 2.44 bits per heavy atom. The van der Waals surface area contributed by atoms with Crippen LogP contribution in [0.5, 0.6) is 0 Å². The highest BCUT2D eigenvalue weighted by atomic mass is 35.5. The topological polar surface area (TPSA) is 82.7 Å². The van der Waals surface area contributed by atoms with E-state index in [1.807, 2.05) is 34.5 Å². The molecule has 2 aromatic rings. The van der Waals surface area contributed by atoms with Gasteiger partial charge in [-0.3, -0.25) is 9.69 Å². The van der Waals surface area contributed by atoms with Crippen LogP contribution in [0.4, 0.5) is 0 Å². The molecule has 1 aromatic heterocycles. The van der Waals surface area contributed by atoms with Crippen molar-refractivity contribution in [1.29, 1.82) is 0 Å². The molecule has 1 fully saturated rings. The first kappa shape index (κ1) is 23.8. The van der Waals surface area contributed by atoms with Crippen molar-refractivity contribution in [3.05, 3.63) is 52.0 Å². The maximum absolute atomic E-state index is 12.5. The lowest BCUT2D eigenvalue weighted by atomic mass is 10.1. The quantitative estimate of drug-likeness (QED) is 0.725. The zero-order chi connectivity index (χ0) is 17.6. The van der Waals surface area contributed by atoms with Crippen molar-refractivity contribution in [2.75, 3.05) is 26.2 Å². The van der Waals surface area contributed by atoms with Crippen LogP contribution < -0.4 is 5.73 Å². The van der Waals surface area contributed by atoms with Crippen LogP contribution in [-0.2, 0) is 24.4 Å². The van der Waals surface area contributed by atoms with Gasteiger partial charge in [-0.1, -0.05) is 24.3 Å². The molecule has 3 N–H and O–H groups in total. The van der Waals surface area contributed by atoms with E-state index in [4.69, 9.17) is 5.73 Å². The van der Waals surface area contributed by atoms with Crippen molar-refractivity contribution < 1.29 is 9.90 Å². The van der Waals surface area contributed by atoms with Gasteiger partial charge in [0.25, 0.3) is 0 Å². The van der Waals surface area contributed by atoms with E-state index >= 15 is 0 Å². The van der Waals surface area contributed by atoms with Gasteiger partial charge >= 0.3 is 0 Å². The summed E-state index contributed by atoms with van der Waals surface area (Å²) in [6.07, 6.45) is 0.492. The summed E-state index contributed by atoms with van der Waals surface area (Å²) in [4.78, 5) is 20.9. The lowest BCUT2D eigenvalue weighted by Crippen LogP contribution is -2.53. The molecule has 0 unspecified atom stereocenters. The van der Waals surface area contributed by atoms with Gasteiger partial charge in [0.05, 0.1) is 23.9 Å². The summed E-state index contributed by atoms with van der Waals surface area (Å²) in [5.41, 5.74) is 10.8. The number of aliphatic hydroxyl groups is 1. The number of aromatic nitrogens is 1. The van der Waals surface area contributed by atoms with Crippen LogP contribution in [0.15, 0.2) is 35.2 Å². The predicted octanol–water partition coefficient (Wildman–Crippen LogP) is 1.69. The fourth-order valence-corrected chi connectivity index (χ4v) is 3.69. The highest BCUT2D eigenvalue weighted by molar-refractivity contribution is 7.07. The van der Waals surface area contributed by atoms with Crippen molar-refractivity contribution in [2.24, 2.45) is 5.73 Å². The summed E-state index contributed by atoms with van der Waals surface area (Å²) >= 11 is 1.52. The Kier molecular flexibility index (Phi) is 10.2. The Labute approximate surface area is 176 Å². The molecule has 3 rings (SSSR count). The third-order valence-corrected chi connectivity index (χ3v) is 5.23. The highest BCUT2D eigenvalue weighted by Crippen LogP contribution is 2.14. The molecule has 0 aliphatic carbocycles. The molecule has 1 aromatic carbocycles. The average Bonchev–Trinajstić information content (AvgIpc) is 3.15. The van der Waals surface area contributed by atoms with Crippen LogP contribution in [0.25, 0.3) is 0 Å². The number of nitrogens with two attached hydrogens (primary N) is 1. The molecule has 2 heterocycles. The number of carbonyl (C=O) groups excluding carboxylic acids is 1. The number of hydrogen-bond donors (Lipinski definition) is 2. The second-order valence-corrected chi connectivity index (χ2v) is 7.04. The van der Waals surface area contributed by atoms with Gasteiger partial charge in [-0.05, 0) is 11.1 Å². The van der Waals surface area contributed by atoms with Crippen LogP contribution in [0.3, 0.4) is 0 Å². The smallest absolute Gasteiger partial charge is 0.239 e. The zero-order valence-electron chi connectivity index (χ0n) is 15.0. The number of thiazole rings is 1. The standard InChI is InChI=1S/C18H24N4O2S.2ClH/c19-17(9-16-12-25-13-20-16)18(24)22-7-5-21(6-8-22)10-14-3-1-2-4-15(14)11-23;;/h1-4,12-13,17,23H,5-11,19H2;2*1H/t17-;;/m0../s1. The largest absolute Gasteiger partial charge is 0.392 e. The Bertz CT molecular complexity index is 694. The van der Waals surface area contributed by atoms with E-state index in [1.54, 1.807) is 5.51 Å². The predicted molar refractivity (Wildman–Crippen MR) is 113 cm³/mol. The summed E-state index contributed by atoms with van der Waals surface area (Å²) in [7, 11) is 0. The van der Waals surface area contributed by atoms with Crippen molar-refractivity contribution >= 4 is 42.1 Å². The molecular formula is C18H26Cl2N4O2S. The number of halogens is 2. The second-order valence-electron chi connectivity index (χ2n) is 6.32. The van der Waals surface area contributed by atoms with Crippen LogP contribution in [0, 0.1) is 0 Å². The second kappa shape index (κ2) is 11.6. The van der Waals surface area contributed by atoms with E-state index in [2.05, 4.69) is 9.88 Å². The van der Waals surface area contributed by atoms with Crippen LogP contribution in [0.1, 0.15) is 16.8 Å². The van der Waals surface area contributed by atoms with Crippen molar-refractivity contribution in [2.45, 2.75) is 25.6 Å². The third kappa shape index (κ3) is 6.41. The van der Waals surface area contributed by atoms with Gasteiger partial charge in [0.2, 0.25) is 5.91 Å². The first-order chi connectivity index (χ1) is 12.2. The lowest BCUT2D eigenvalue weighted by Gasteiger charge is -2.36. The van der Waals surface area contributed by atoms with Crippen LogP contribution >= 0.6 is 36.2 Å². The molecule has 1 atom stereocenters. The highest BCUT2D eigenvalue weighted by Gasteiger charge is 2.26. The number of hydrogen-bond acceptors (Lipinski definition) is 6. The average molecular weight is 433 g/mol. The summed E-state index contributed by atoms with van der Waals surface area (Å²) in [5, 5.41) is 11.4. The van der Waals surface area contributed by atoms with Gasteiger partial charge in [-0.25, -0.2) is 4.98 Å². The molecule has 150 valence electrons. The van der Waals surface area contributed by atoms with E-state index in [9.17, 15) is 9.90 Å². The summed E-state index contributed by atoms with van der Waals surface area (Å²) in [6.45, 7) is 3.85. The zero-order valence-corrected chi connectivity index (χ0v) is 17.4. The van der Waals surface area contributed by atoms with Gasteiger partial charge in [0, 0.05) is 44.5 Å². The molecule has 6 nitrogen and oxygen atoms in total. The van der Waals surface area contributed by atoms with Crippen molar-refractivity contribution in [3.8, 4) is 0 Å². The molecule has 0 spiro atoms. The van der Waals surface area contributed by atoms with Gasteiger partial charge in [-0.2, -0.15) is 0 Å². The third-order valence-electron chi connectivity index (χ3n) is 4.60. The van der Waals surface area contributed by atoms with Crippen molar-refractivity contribution in [3.63, 3.8) is 0 Å². The summed E-state index contributed by atoms with van der Waals surface area (Å²) < 4.78 is 0. The number of rotatable bonds is 6. The van der Waals surface area contributed by atoms with Gasteiger partial charge in [0.1, 0.15) is 0 Å². The maximum Gasteiger partial charge on any atom is 0.239 e. The first-order valence-electron chi connectivity index (χ1n) is 8.49. The van der Waals surface area contributed by atoms with Crippen LogP contribution in [-0.4, -0.2) is 58.0 Å². The number of aliphatic hydroxyl groups excluding tert-OH is 1. The normalized spacial score (nSPS) is 15.6. The summed E-state index contributed by atoms with van der Waals surface area (Å²) in [5.74, 6) is 0.00316. The minimum atomic E-state index is -0.524. The van der Waals surface area contributed by atoms with Gasteiger partial charge in [-0.15, -0.1) is 36.2 Å². The summed E-state index contributed by atoms with van der Waals surface area (Å²) in [6, 6.07) is 7.41. The fraction of sp³-hybridized carbons (Fsp3) is 0.444. The molecule has 1 aliphatic heterocycles. The molecule has 0 radical (unpaired) electrons. The Hall–Kier alpha value is -1.22. The minimum absolute atomic E-state index is 0. The van der Waals surface area contributed by atoms with E-state index in [0.717, 1.165) is 36.5 Å². The van der Waals surface area contributed by atoms with E-state index in [1.165, 1.54) is 11.3 Å². The first-order valence-corrected chi connectivity index (χ1v) is 9.43. The molecule has 1 aliphatic rings. The Morgan fingerprint density at radius 1 is 1.19 bits per heavy atom. The van der Waals surface area contributed by atoms with Gasteiger partial charge in [0.15, 0.2) is 0 Å². The molecular weight excluding hydrogens is 407 g/mol. The number of nitrogens with zero attached hydrogens (tertiary/aromatic N) is 3. The van der Waals surface area contributed by atoms with E-state index in [-0.39, 0.29) is 37.3 Å². The number of benzene rings is 1. The maximum atomic E-state index is 12.5. The Morgan fingerprint density at radius 2 is 1.85 bits per heavy atom. The van der Waals surface area contributed by atoms with Gasteiger partial charge < -0.3 is 15.7 Å². The molecule has 1 saturated heterocycles. The van der Waals surface area contributed by atoms with Crippen LogP contribution in [0.2, 0.25) is 0 Å². The molecule has 0 bridgehead atoms. The minimum Gasteiger partial charge on any atom is -0.392 e. The van der Waals surface area contributed by atoms with E-state index < -0.39 is 6.04 Å². The molecule has 1 amide bonds. The Balaban J connectivity index is 0.00000182. The van der Waals surface area contributed by atoms with E-state index in [0.29, 0.717) is 19.5 Å². The number of carbonyl (C=O) groups is 1. The lowest BCUT2D eigenvalue weighted by molar-refractivity contribution is -0.134. The van der Waals surface area contributed by atoms with Crippen molar-refractivity contribution in [1.82, 2.24) is 14.8 Å². The molecule has 0 saturated carbocycles. The number of piperazine rings is 1. The monoisotopic (exact) mass is 432 g/mol.